The molecule has 3 rings (SSSR count). The number of nitro benzene ring substituents is 1. The Morgan fingerprint density at radius 2 is 1.73 bits per heavy atom. The van der Waals surface area contributed by atoms with Crippen molar-refractivity contribution in [3.63, 3.8) is 0 Å². The molecule has 1 aromatic heterocycles. The lowest BCUT2D eigenvalue weighted by molar-refractivity contribution is -0.389. The van der Waals surface area contributed by atoms with E-state index in [4.69, 9.17) is 9.47 Å². The molecule has 0 aliphatic carbocycles. The summed E-state index contributed by atoms with van der Waals surface area (Å²) >= 11 is 0. The van der Waals surface area contributed by atoms with Gasteiger partial charge in [-0.1, -0.05) is 0 Å². The summed E-state index contributed by atoms with van der Waals surface area (Å²) in [6.45, 7) is -0.314. The van der Waals surface area contributed by atoms with Gasteiger partial charge in [0.1, 0.15) is 23.8 Å². The highest BCUT2D eigenvalue weighted by Crippen LogP contribution is 2.30. The van der Waals surface area contributed by atoms with E-state index in [2.05, 4.69) is 10.4 Å². The molecule has 0 spiro atoms. The van der Waals surface area contributed by atoms with Crippen LogP contribution >= 0.6 is 0 Å². The van der Waals surface area contributed by atoms with Gasteiger partial charge in [0.05, 0.1) is 41.1 Å². The van der Waals surface area contributed by atoms with E-state index >= 15 is 0 Å². The zero-order chi connectivity index (χ0) is 21.7. The molecule has 0 fully saturated rings. The third-order valence-electron chi connectivity index (χ3n) is 3.80. The van der Waals surface area contributed by atoms with Crippen molar-refractivity contribution in [2.24, 2.45) is 0 Å². The van der Waals surface area contributed by atoms with E-state index in [0.29, 0.717) is 11.5 Å². The normalized spacial score (nSPS) is 10.3. The molecule has 12 nitrogen and oxygen atoms in total. The van der Waals surface area contributed by atoms with Crippen LogP contribution in [0.5, 0.6) is 17.2 Å². The Morgan fingerprint density at radius 3 is 2.33 bits per heavy atom. The Balaban J connectivity index is 1.76. The van der Waals surface area contributed by atoms with Crippen LogP contribution in [-0.2, 0) is 11.3 Å². The van der Waals surface area contributed by atoms with Crippen LogP contribution in [0.4, 0.5) is 17.2 Å². The van der Waals surface area contributed by atoms with Crippen LogP contribution < -0.4 is 14.8 Å². The van der Waals surface area contributed by atoms with Crippen molar-refractivity contribution in [2.45, 2.75) is 6.54 Å². The Hall–Kier alpha value is -4.48. The molecule has 154 valence electrons. The molecule has 0 aliphatic rings. The lowest BCUT2D eigenvalue weighted by Crippen LogP contribution is -2.19. The number of ether oxygens (including phenoxy) is 2. The summed E-state index contributed by atoms with van der Waals surface area (Å²) in [6, 6.07) is 11.5. The number of benzene rings is 2. The highest BCUT2D eigenvalue weighted by Gasteiger charge is 2.16. The van der Waals surface area contributed by atoms with Crippen LogP contribution in [0.15, 0.2) is 54.7 Å². The predicted molar refractivity (Wildman–Crippen MR) is 104 cm³/mol. The van der Waals surface area contributed by atoms with Crippen molar-refractivity contribution >= 4 is 23.1 Å². The van der Waals surface area contributed by atoms with Crippen molar-refractivity contribution in [3.8, 4) is 17.2 Å². The molecule has 0 saturated heterocycles. The fraction of sp³-hybridized carbons (Fsp3) is 0.111. The number of methoxy groups -OCH3 is 1. The number of nitro groups is 2. The molecule has 3 aromatic rings. The molecule has 30 heavy (non-hydrogen) atoms. The van der Waals surface area contributed by atoms with Gasteiger partial charge < -0.3 is 24.9 Å². The van der Waals surface area contributed by atoms with Gasteiger partial charge in [-0.15, -0.1) is 0 Å². The first-order valence-electron chi connectivity index (χ1n) is 8.43. The standard InChI is InChI=1S/C18H15N5O7/c1-29-14-2-4-15(5-3-14)30-16-9-12(8-13(10-16)22(25)26)19-18(24)11-21-7-6-17(20-21)23(27)28/h2-10H,11H2,1H3,(H,19,24). The maximum absolute atomic E-state index is 12.2. The summed E-state index contributed by atoms with van der Waals surface area (Å²) in [6.07, 6.45) is 1.28. The number of carbonyl (C=O) groups is 1. The highest BCUT2D eigenvalue weighted by atomic mass is 16.6. The summed E-state index contributed by atoms with van der Waals surface area (Å²) < 4.78 is 11.8. The second-order valence-electron chi connectivity index (χ2n) is 5.93. The average molecular weight is 413 g/mol. The lowest BCUT2D eigenvalue weighted by atomic mass is 10.2. The number of nitrogens with zero attached hydrogens (tertiary/aromatic N) is 4. The van der Waals surface area contributed by atoms with E-state index in [0.717, 1.165) is 10.7 Å². The van der Waals surface area contributed by atoms with E-state index in [1.807, 2.05) is 0 Å². The molecule has 12 heteroatoms. The average Bonchev–Trinajstić information content (AvgIpc) is 3.17. The van der Waals surface area contributed by atoms with Gasteiger partial charge in [-0.3, -0.25) is 14.9 Å². The van der Waals surface area contributed by atoms with Crippen molar-refractivity contribution < 1.29 is 24.1 Å². The minimum atomic E-state index is -0.683. The number of carbonyl (C=O) groups excluding carboxylic acids is 1. The molecule has 0 radical (unpaired) electrons. The number of non-ortho nitro benzene ring substituents is 1. The first-order chi connectivity index (χ1) is 14.3. The maximum Gasteiger partial charge on any atom is 0.389 e. The largest absolute Gasteiger partial charge is 0.497 e. The van der Waals surface area contributed by atoms with E-state index in [9.17, 15) is 25.0 Å². The smallest absolute Gasteiger partial charge is 0.389 e. The van der Waals surface area contributed by atoms with Crippen LogP contribution in [0.2, 0.25) is 0 Å². The summed E-state index contributed by atoms with van der Waals surface area (Å²) in [5.74, 6) is 0.197. The van der Waals surface area contributed by atoms with Gasteiger partial charge in [0, 0.05) is 12.1 Å². The number of aromatic nitrogens is 2. The van der Waals surface area contributed by atoms with E-state index in [1.54, 1.807) is 24.3 Å². The van der Waals surface area contributed by atoms with Crippen molar-refractivity contribution in [1.29, 1.82) is 0 Å². The number of nitrogens with one attached hydrogen (secondary N) is 1. The predicted octanol–water partition coefficient (Wildman–Crippen LogP) is 3.14. The minimum Gasteiger partial charge on any atom is -0.497 e. The second kappa shape index (κ2) is 8.68. The van der Waals surface area contributed by atoms with Crippen LogP contribution in [0.3, 0.4) is 0 Å². The third kappa shape index (κ3) is 5.07. The van der Waals surface area contributed by atoms with Crippen molar-refractivity contribution in [2.75, 3.05) is 12.4 Å². The number of anilines is 1. The monoisotopic (exact) mass is 413 g/mol. The summed E-state index contributed by atoms with van der Waals surface area (Å²) in [7, 11) is 1.52. The van der Waals surface area contributed by atoms with Gasteiger partial charge in [-0.25, -0.2) is 0 Å². The Morgan fingerprint density at radius 1 is 1.03 bits per heavy atom. The van der Waals surface area contributed by atoms with E-state index < -0.39 is 21.6 Å². The first-order valence-corrected chi connectivity index (χ1v) is 8.43. The van der Waals surface area contributed by atoms with E-state index in [-0.39, 0.29) is 23.7 Å². The van der Waals surface area contributed by atoms with E-state index in [1.165, 1.54) is 31.5 Å². The summed E-state index contributed by atoms with van der Waals surface area (Å²) in [5.41, 5.74) is -0.162. The third-order valence-corrected chi connectivity index (χ3v) is 3.80. The highest BCUT2D eigenvalue weighted by molar-refractivity contribution is 5.91. The van der Waals surface area contributed by atoms with Gasteiger partial charge in [0.2, 0.25) is 5.91 Å². The van der Waals surface area contributed by atoms with Gasteiger partial charge in [-0.05, 0) is 29.2 Å². The summed E-state index contributed by atoms with van der Waals surface area (Å²) in [5, 5.41) is 28.0. The molecule has 1 N–H and O–H groups in total. The molecule has 0 aliphatic heterocycles. The Labute approximate surface area is 168 Å². The number of amides is 1. The summed E-state index contributed by atoms with van der Waals surface area (Å²) in [4.78, 5) is 32.8. The van der Waals surface area contributed by atoms with Crippen LogP contribution in [-0.4, -0.2) is 32.6 Å². The van der Waals surface area contributed by atoms with Crippen molar-refractivity contribution in [1.82, 2.24) is 9.78 Å². The quantitative estimate of drug-likeness (QED) is 0.437. The molecule has 0 unspecified atom stereocenters. The number of rotatable bonds is 8. The topological polar surface area (TPSA) is 152 Å². The molecule has 1 heterocycles. The fourth-order valence-corrected chi connectivity index (χ4v) is 2.48. The Bertz CT molecular complexity index is 1090. The van der Waals surface area contributed by atoms with Crippen LogP contribution in [0.25, 0.3) is 0 Å². The Kier molecular flexibility index (Phi) is 5.86. The molecule has 2 aromatic carbocycles. The SMILES string of the molecule is COc1ccc(Oc2cc(NC(=O)Cn3ccc([N+](=O)[O-])n3)cc([N+](=O)[O-])c2)cc1. The minimum absolute atomic E-state index is 0.124. The van der Waals surface area contributed by atoms with Gasteiger partial charge in [-0.2, -0.15) is 4.68 Å². The molecule has 0 bridgehead atoms. The second-order valence-corrected chi connectivity index (χ2v) is 5.93. The van der Waals surface area contributed by atoms with Gasteiger partial charge in [0.15, 0.2) is 0 Å². The maximum atomic E-state index is 12.2. The molecular formula is C18H15N5O7. The zero-order valence-corrected chi connectivity index (χ0v) is 15.5. The molecule has 0 atom stereocenters. The molecule has 0 saturated carbocycles. The molecule has 1 amide bonds. The van der Waals surface area contributed by atoms with Crippen LogP contribution in [0.1, 0.15) is 0 Å². The number of hydrogen-bond donors (Lipinski definition) is 1. The lowest BCUT2D eigenvalue weighted by Gasteiger charge is -2.09. The zero-order valence-electron chi connectivity index (χ0n) is 15.5. The van der Waals surface area contributed by atoms with Gasteiger partial charge in [0.25, 0.3) is 5.69 Å². The first kappa shape index (κ1) is 20.3. The van der Waals surface area contributed by atoms with Crippen molar-refractivity contribution in [3.05, 3.63) is 75.0 Å². The molecular weight excluding hydrogens is 398 g/mol. The van der Waals surface area contributed by atoms with Crippen LogP contribution in [0, 0.1) is 20.2 Å². The fourth-order valence-electron chi connectivity index (χ4n) is 2.48. The number of hydrogen-bond acceptors (Lipinski definition) is 8. The van der Waals surface area contributed by atoms with Gasteiger partial charge >= 0.3 is 5.82 Å².